The molecule has 0 saturated heterocycles. The third-order valence-electron chi connectivity index (χ3n) is 3.37. The fourth-order valence-electron chi connectivity index (χ4n) is 2.13. The van der Waals surface area contributed by atoms with Crippen LogP contribution in [-0.2, 0) is 7.05 Å². The Morgan fingerprint density at radius 3 is 2.75 bits per heavy atom. The van der Waals surface area contributed by atoms with Crippen molar-refractivity contribution in [3.63, 3.8) is 0 Å². The van der Waals surface area contributed by atoms with Crippen LogP contribution < -0.4 is 4.74 Å². The summed E-state index contributed by atoms with van der Waals surface area (Å²) in [4.78, 5) is 18.4. The van der Waals surface area contributed by atoms with Gasteiger partial charge >= 0.3 is 0 Å². The van der Waals surface area contributed by atoms with Crippen LogP contribution in [0.4, 0.5) is 0 Å². The molecule has 20 heavy (non-hydrogen) atoms. The lowest BCUT2D eigenvalue weighted by molar-refractivity contribution is 0.104. The molecule has 0 atom stereocenters. The first kappa shape index (κ1) is 12.9. The molecule has 0 fully saturated rings. The van der Waals surface area contributed by atoms with Crippen LogP contribution in [0.5, 0.6) is 5.88 Å². The Balaban J connectivity index is 1.98. The van der Waals surface area contributed by atoms with E-state index in [0.717, 1.165) is 15.1 Å². The number of rotatable bonds is 3. The highest BCUT2D eigenvalue weighted by Crippen LogP contribution is 2.29. The number of aromatic nitrogens is 2. The van der Waals surface area contributed by atoms with E-state index in [2.05, 4.69) is 22.5 Å². The lowest BCUT2D eigenvalue weighted by atomic mass is 10.1. The molecule has 0 N–H and O–H groups in total. The summed E-state index contributed by atoms with van der Waals surface area (Å²) in [5, 5.41) is 1.11. The number of hydrogen-bond donors (Lipinski definition) is 0. The van der Waals surface area contributed by atoms with E-state index in [4.69, 9.17) is 4.74 Å². The molecule has 0 aliphatic carbocycles. The Morgan fingerprint density at radius 2 is 2.15 bits per heavy atom. The van der Waals surface area contributed by atoms with E-state index in [0.29, 0.717) is 11.4 Å². The molecule has 0 aliphatic rings. The van der Waals surface area contributed by atoms with E-state index in [-0.39, 0.29) is 5.78 Å². The lowest BCUT2D eigenvalue weighted by Crippen LogP contribution is -1.99. The molecule has 3 aromatic rings. The lowest BCUT2D eigenvalue weighted by Gasteiger charge is -2.00. The molecule has 0 amide bonds. The molecule has 0 bridgehead atoms. The van der Waals surface area contributed by atoms with Gasteiger partial charge in [0.25, 0.3) is 0 Å². The van der Waals surface area contributed by atoms with Crippen molar-refractivity contribution in [1.29, 1.82) is 0 Å². The van der Waals surface area contributed by atoms with Crippen molar-refractivity contribution in [2.24, 2.45) is 7.05 Å². The SMILES string of the molecule is COc1ccc(C(=O)c2cc3cc(C)n(C)c3s2)cn1. The van der Waals surface area contributed by atoms with Crippen molar-refractivity contribution < 1.29 is 9.53 Å². The molecule has 0 saturated carbocycles. The molecule has 102 valence electrons. The number of hydrogen-bond acceptors (Lipinski definition) is 4. The summed E-state index contributed by atoms with van der Waals surface area (Å²) in [5.74, 6) is 0.507. The third kappa shape index (κ3) is 2.00. The summed E-state index contributed by atoms with van der Waals surface area (Å²) in [6, 6.07) is 7.48. The summed E-state index contributed by atoms with van der Waals surface area (Å²) in [6.45, 7) is 2.06. The molecule has 4 nitrogen and oxygen atoms in total. The predicted molar refractivity (Wildman–Crippen MR) is 79.8 cm³/mol. The zero-order chi connectivity index (χ0) is 14.3. The summed E-state index contributed by atoms with van der Waals surface area (Å²) in [5.41, 5.74) is 1.77. The summed E-state index contributed by atoms with van der Waals surface area (Å²) >= 11 is 1.51. The van der Waals surface area contributed by atoms with Gasteiger partial charge in [0, 0.05) is 36.0 Å². The Bertz CT molecular complexity index is 784. The van der Waals surface area contributed by atoms with E-state index < -0.39 is 0 Å². The van der Waals surface area contributed by atoms with Crippen LogP contribution in [0.3, 0.4) is 0 Å². The number of fused-ring (bicyclic) bond motifs is 1. The van der Waals surface area contributed by atoms with Gasteiger partial charge in [-0.1, -0.05) is 0 Å². The zero-order valence-electron chi connectivity index (χ0n) is 11.5. The van der Waals surface area contributed by atoms with Gasteiger partial charge in [-0.25, -0.2) is 4.98 Å². The smallest absolute Gasteiger partial charge is 0.212 e. The van der Waals surface area contributed by atoms with Crippen LogP contribution in [-0.4, -0.2) is 22.4 Å². The maximum absolute atomic E-state index is 12.4. The van der Waals surface area contributed by atoms with E-state index >= 15 is 0 Å². The van der Waals surface area contributed by atoms with Crippen LogP contribution in [0.1, 0.15) is 20.9 Å². The van der Waals surface area contributed by atoms with Crippen LogP contribution >= 0.6 is 11.3 Å². The number of methoxy groups -OCH3 is 1. The minimum Gasteiger partial charge on any atom is -0.481 e. The van der Waals surface area contributed by atoms with E-state index in [1.54, 1.807) is 25.4 Å². The average Bonchev–Trinajstić information content (AvgIpc) is 2.99. The van der Waals surface area contributed by atoms with Crippen LogP contribution in [0.2, 0.25) is 0 Å². The fraction of sp³-hybridized carbons (Fsp3) is 0.200. The number of carbonyl (C=O) groups is 1. The van der Waals surface area contributed by atoms with Gasteiger partial charge in [-0.3, -0.25) is 4.79 Å². The molecule has 3 aromatic heterocycles. The highest BCUT2D eigenvalue weighted by Gasteiger charge is 2.15. The highest BCUT2D eigenvalue weighted by molar-refractivity contribution is 7.20. The quantitative estimate of drug-likeness (QED) is 0.695. The van der Waals surface area contributed by atoms with Crippen LogP contribution in [0.15, 0.2) is 30.5 Å². The van der Waals surface area contributed by atoms with Crippen molar-refractivity contribution in [2.75, 3.05) is 7.11 Å². The molecule has 3 heterocycles. The van der Waals surface area contributed by atoms with E-state index in [9.17, 15) is 4.79 Å². The fourth-order valence-corrected chi connectivity index (χ4v) is 3.25. The molecule has 0 radical (unpaired) electrons. The number of nitrogens with zero attached hydrogens (tertiary/aromatic N) is 2. The standard InChI is InChI=1S/C15H14N2O2S/c1-9-6-11-7-12(20-15(11)17(9)2)14(18)10-4-5-13(19-3)16-8-10/h4-8H,1-3H3. The van der Waals surface area contributed by atoms with Gasteiger partial charge in [-0.05, 0) is 25.1 Å². The Labute approximate surface area is 120 Å². The second-order valence-electron chi connectivity index (χ2n) is 4.63. The second-order valence-corrected chi connectivity index (χ2v) is 5.66. The van der Waals surface area contributed by atoms with Gasteiger partial charge in [0.1, 0.15) is 4.83 Å². The third-order valence-corrected chi connectivity index (χ3v) is 4.60. The molecule has 0 aromatic carbocycles. The molecular formula is C15H14N2O2S. The van der Waals surface area contributed by atoms with Gasteiger partial charge in [0.2, 0.25) is 11.7 Å². The van der Waals surface area contributed by atoms with Crippen LogP contribution in [0.25, 0.3) is 10.2 Å². The van der Waals surface area contributed by atoms with Gasteiger partial charge < -0.3 is 9.30 Å². The molecular weight excluding hydrogens is 272 g/mol. The minimum atomic E-state index is -0.000920. The molecule has 5 heteroatoms. The second kappa shape index (κ2) is 4.76. The number of ether oxygens (including phenoxy) is 1. The topological polar surface area (TPSA) is 44.1 Å². The number of thiophene rings is 1. The highest BCUT2D eigenvalue weighted by atomic mass is 32.1. The van der Waals surface area contributed by atoms with Crippen molar-refractivity contribution in [3.8, 4) is 5.88 Å². The monoisotopic (exact) mass is 286 g/mol. The van der Waals surface area contributed by atoms with E-state index in [1.807, 2.05) is 13.1 Å². The first-order valence-corrected chi connectivity index (χ1v) is 7.02. The zero-order valence-corrected chi connectivity index (χ0v) is 12.3. The first-order chi connectivity index (χ1) is 9.60. The van der Waals surface area contributed by atoms with Crippen molar-refractivity contribution in [3.05, 3.63) is 46.6 Å². The Morgan fingerprint density at radius 1 is 1.35 bits per heavy atom. The number of aryl methyl sites for hydroxylation is 2. The van der Waals surface area contributed by atoms with Crippen molar-refractivity contribution in [2.45, 2.75) is 6.92 Å². The maximum Gasteiger partial charge on any atom is 0.212 e. The summed E-state index contributed by atoms with van der Waals surface area (Å²) in [7, 11) is 3.56. The van der Waals surface area contributed by atoms with Gasteiger partial charge in [-0.15, -0.1) is 11.3 Å². The number of ketones is 1. The van der Waals surface area contributed by atoms with Crippen LogP contribution in [0, 0.1) is 6.92 Å². The maximum atomic E-state index is 12.4. The first-order valence-electron chi connectivity index (χ1n) is 6.21. The molecule has 0 spiro atoms. The molecule has 3 rings (SSSR count). The molecule has 0 unspecified atom stereocenters. The van der Waals surface area contributed by atoms with Gasteiger partial charge in [-0.2, -0.15) is 0 Å². The normalized spacial score (nSPS) is 10.9. The van der Waals surface area contributed by atoms with Gasteiger partial charge in [0.05, 0.1) is 12.0 Å². The van der Waals surface area contributed by atoms with Crippen molar-refractivity contribution in [1.82, 2.24) is 9.55 Å². The average molecular weight is 286 g/mol. The predicted octanol–water partition coefficient (Wildman–Crippen LogP) is 3.18. The Kier molecular flexibility index (Phi) is 3.06. The Hall–Kier alpha value is -2.14. The van der Waals surface area contributed by atoms with E-state index in [1.165, 1.54) is 17.0 Å². The summed E-state index contributed by atoms with van der Waals surface area (Å²) in [6.07, 6.45) is 1.55. The van der Waals surface area contributed by atoms with Gasteiger partial charge in [0.15, 0.2) is 0 Å². The number of pyridine rings is 1. The largest absolute Gasteiger partial charge is 0.481 e. The molecule has 0 aliphatic heterocycles. The summed E-state index contributed by atoms with van der Waals surface area (Å²) < 4.78 is 7.10. The van der Waals surface area contributed by atoms with Crippen molar-refractivity contribution >= 4 is 27.3 Å². The number of carbonyl (C=O) groups excluding carboxylic acids is 1. The minimum absolute atomic E-state index is 0.000920.